The fraction of sp³-hybridized carbons (Fsp3) is 0.800. The number of carbonyl (C=O) groups is 2. The topological polar surface area (TPSA) is 34.1 Å². The highest BCUT2D eigenvalue weighted by molar-refractivity contribution is 5.97. The van der Waals surface area contributed by atoms with Crippen molar-refractivity contribution >= 4 is 11.6 Å². The number of rotatable bonds is 6. The maximum absolute atomic E-state index is 11.1. The van der Waals surface area contributed by atoms with Crippen molar-refractivity contribution in [1.82, 2.24) is 0 Å². The van der Waals surface area contributed by atoms with Gasteiger partial charge in [0.25, 0.3) is 0 Å². The van der Waals surface area contributed by atoms with Gasteiger partial charge in [-0.1, -0.05) is 20.3 Å². The predicted octanol–water partition coefficient (Wildman–Crippen LogP) is 2.36. The molecule has 0 aromatic rings. The molecule has 0 amide bonds. The molecule has 2 nitrogen and oxygen atoms in total. The van der Waals surface area contributed by atoms with Crippen LogP contribution in [0.3, 0.4) is 0 Å². The largest absolute Gasteiger partial charge is 0.300 e. The molecule has 0 heterocycles. The molecule has 0 aliphatic heterocycles. The normalized spacial score (nSPS) is 12.6. The van der Waals surface area contributed by atoms with Gasteiger partial charge in [-0.2, -0.15) is 0 Å². The van der Waals surface area contributed by atoms with Crippen LogP contribution in [0.25, 0.3) is 0 Å². The Bertz CT molecular complexity index is 161. The summed E-state index contributed by atoms with van der Waals surface area (Å²) in [4.78, 5) is 21.6. The van der Waals surface area contributed by atoms with E-state index >= 15 is 0 Å². The van der Waals surface area contributed by atoms with Gasteiger partial charge in [-0.15, -0.1) is 0 Å². The van der Waals surface area contributed by atoms with Crippen molar-refractivity contribution in [1.29, 1.82) is 0 Å². The lowest BCUT2D eigenvalue weighted by atomic mass is 10.00. The molecule has 0 radical (unpaired) electrons. The molecular weight excluding hydrogens is 152 g/mol. The molecule has 1 atom stereocenters. The number of carbonyl (C=O) groups excluding carboxylic acids is 2. The van der Waals surface area contributed by atoms with Gasteiger partial charge < -0.3 is 0 Å². The molecule has 0 aliphatic rings. The van der Waals surface area contributed by atoms with E-state index in [1.807, 2.05) is 0 Å². The van der Waals surface area contributed by atoms with E-state index in [1.165, 1.54) is 6.92 Å². The minimum Gasteiger partial charge on any atom is -0.300 e. The van der Waals surface area contributed by atoms with Crippen LogP contribution in [0, 0.1) is 5.92 Å². The molecule has 2 heteroatoms. The summed E-state index contributed by atoms with van der Waals surface area (Å²) < 4.78 is 0. The first kappa shape index (κ1) is 11.3. The highest BCUT2D eigenvalue weighted by Crippen LogP contribution is 2.10. The van der Waals surface area contributed by atoms with Gasteiger partial charge in [-0.05, 0) is 19.3 Å². The van der Waals surface area contributed by atoms with Gasteiger partial charge in [0.15, 0.2) is 0 Å². The van der Waals surface area contributed by atoms with Crippen molar-refractivity contribution < 1.29 is 9.59 Å². The van der Waals surface area contributed by atoms with Crippen molar-refractivity contribution in [3.05, 3.63) is 0 Å². The average molecular weight is 170 g/mol. The Morgan fingerprint density at radius 1 is 1.33 bits per heavy atom. The van der Waals surface area contributed by atoms with E-state index in [0.717, 1.165) is 12.8 Å². The first-order valence-corrected chi connectivity index (χ1v) is 4.57. The summed E-state index contributed by atoms with van der Waals surface area (Å²) in [6.45, 7) is 5.70. The summed E-state index contributed by atoms with van der Waals surface area (Å²) in [5, 5.41) is 0. The first-order chi connectivity index (χ1) is 5.56. The van der Waals surface area contributed by atoms with Crippen LogP contribution < -0.4 is 0 Å². The highest BCUT2D eigenvalue weighted by Gasteiger charge is 2.07. The molecule has 0 saturated carbocycles. The Kier molecular flexibility index (Phi) is 5.60. The number of ketones is 2. The molecule has 0 rings (SSSR count). The zero-order chi connectivity index (χ0) is 9.56. The maximum Gasteiger partial charge on any atom is 0.140 e. The smallest absolute Gasteiger partial charge is 0.140 e. The van der Waals surface area contributed by atoms with Crippen LogP contribution in [0.2, 0.25) is 0 Å². The van der Waals surface area contributed by atoms with E-state index in [0.29, 0.717) is 12.3 Å². The third kappa shape index (κ3) is 6.08. The third-order valence-corrected chi connectivity index (χ3v) is 2.06. The van der Waals surface area contributed by atoms with Crippen LogP contribution in [-0.4, -0.2) is 11.6 Å². The molecule has 0 spiro atoms. The molecular formula is C10H18O2. The van der Waals surface area contributed by atoms with Gasteiger partial charge in [-0.3, -0.25) is 9.59 Å². The second-order valence-corrected chi connectivity index (χ2v) is 3.47. The quantitative estimate of drug-likeness (QED) is 0.573. The van der Waals surface area contributed by atoms with Crippen LogP contribution in [-0.2, 0) is 9.59 Å². The molecule has 70 valence electrons. The summed E-state index contributed by atoms with van der Waals surface area (Å²) in [5.74, 6) is 0.660. The maximum atomic E-state index is 11.1. The van der Waals surface area contributed by atoms with Crippen molar-refractivity contribution in [2.75, 3.05) is 0 Å². The van der Waals surface area contributed by atoms with Gasteiger partial charge in [-0.25, -0.2) is 0 Å². The Hall–Kier alpha value is -0.660. The van der Waals surface area contributed by atoms with Gasteiger partial charge in [0.2, 0.25) is 0 Å². The number of hydrogen-bond acceptors (Lipinski definition) is 2. The van der Waals surface area contributed by atoms with E-state index in [9.17, 15) is 9.59 Å². The Morgan fingerprint density at radius 3 is 2.33 bits per heavy atom. The SMILES string of the molecule is CCC(C)CCC(=O)CC(C)=O. The molecule has 0 aromatic carbocycles. The van der Waals surface area contributed by atoms with Gasteiger partial charge in [0, 0.05) is 6.42 Å². The lowest BCUT2D eigenvalue weighted by molar-refractivity contribution is -0.126. The average Bonchev–Trinajstić information content (AvgIpc) is 1.99. The highest BCUT2D eigenvalue weighted by atomic mass is 16.1. The molecule has 12 heavy (non-hydrogen) atoms. The molecule has 0 saturated heterocycles. The zero-order valence-corrected chi connectivity index (χ0v) is 8.22. The summed E-state index contributed by atoms with van der Waals surface area (Å²) in [7, 11) is 0. The fourth-order valence-electron chi connectivity index (χ4n) is 0.978. The Balaban J connectivity index is 3.50. The summed E-state index contributed by atoms with van der Waals surface area (Å²) in [5.41, 5.74) is 0. The van der Waals surface area contributed by atoms with Crippen molar-refractivity contribution in [3.8, 4) is 0 Å². The second-order valence-electron chi connectivity index (χ2n) is 3.47. The van der Waals surface area contributed by atoms with Crippen molar-refractivity contribution in [2.24, 2.45) is 5.92 Å². The zero-order valence-electron chi connectivity index (χ0n) is 8.22. The van der Waals surface area contributed by atoms with Gasteiger partial charge in [0.1, 0.15) is 11.6 Å². The predicted molar refractivity (Wildman–Crippen MR) is 49.0 cm³/mol. The first-order valence-electron chi connectivity index (χ1n) is 4.57. The summed E-state index contributed by atoms with van der Waals surface area (Å²) >= 11 is 0. The molecule has 0 aliphatic carbocycles. The van der Waals surface area contributed by atoms with Gasteiger partial charge in [0.05, 0.1) is 6.42 Å². The summed E-state index contributed by atoms with van der Waals surface area (Å²) in [6.07, 6.45) is 2.71. The Morgan fingerprint density at radius 2 is 1.92 bits per heavy atom. The Labute approximate surface area is 74.3 Å². The lowest BCUT2D eigenvalue weighted by Crippen LogP contribution is -2.06. The third-order valence-electron chi connectivity index (χ3n) is 2.06. The molecule has 0 bridgehead atoms. The van der Waals surface area contributed by atoms with E-state index in [4.69, 9.17) is 0 Å². The molecule has 0 fully saturated rings. The number of Topliss-reactive ketones (excluding diaryl/α,β-unsaturated/α-hetero) is 2. The standard InChI is InChI=1S/C10H18O2/c1-4-8(2)5-6-10(12)7-9(3)11/h8H,4-7H2,1-3H3. The van der Waals surface area contributed by atoms with Gasteiger partial charge >= 0.3 is 0 Å². The minimum atomic E-state index is -0.0239. The second kappa shape index (κ2) is 5.92. The van der Waals surface area contributed by atoms with E-state index in [1.54, 1.807) is 0 Å². The monoisotopic (exact) mass is 170 g/mol. The molecule has 1 unspecified atom stereocenters. The van der Waals surface area contributed by atoms with Crippen LogP contribution in [0.1, 0.15) is 46.5 Å². The lowest BCUT2D eigenvalue weighted by Gasteiger charge is -2.05. The van der Waals surface area contributed by atoms with Crippen molar-refractivity contribution in [2.45, 2.75) is 46.5 Å². The van der Waals surface area contributed by atoms with Crippen LogP contribution in [0.5, 0.6) is 0 Å². The minimum absolute atomic E-state index is 0.0239. The van der Waals surface area contributed by atoms with E-state index in [2.05, 4.69) is 13.8 Å². The van der Waals surface area contributed by atoms with Crippen LogP contribution in [0.15, 0.2) is 0 Å². The number of hydrogen-bond donors (Lipinski definition) is 0. The molecule has 0 N–H and O–H groups in total. The fourth-order valence-corrected chi connectivity index (χ4v) is 0.978. The van der Waals surface area contributed by atoms with Crippen LogP contribution >= 0.6 is 0 Å². The van der Waals surface area contributed by atoms with Crippen LogP contribution in [0.4, 0.5) is 0 Å². The summed E-state index contributed by atoms with van der Waals surface area (Å²) in [6, 6.07) is 0. The molecule has 0 aromatic heterocycles. The van der Waals surface area contributed by atoms with Crippen molar-refractivity contribution in [3.63, 3.8) is 0 Å². The van der Waals surface area contributed by atoms with E-state index in [-0.39, 0.29) is 18.0 Å². The van der Waals surface area contributed by atoms with E-state index < -0.39 is 0 Å².